The average molecular weight is 322 g/mol. The van der Waals surface area contributed by atoms with E-state index >= 15 is 0 Å². The fourth-order valence-electron chi connectivity index (χ4n) is 2.64. The Morgan fingerprint density at radius 3 is 2.61 bits per heavy atom. The molecule has 1 saturated heterocycles. The highest BCUT2D eigenvalue weighted by atomic mass is 16.5. The van der Waals surface area contributed by atoms with E-state index < -0.39 is 0 Å². The normalized spacial score (nSPS) is 18.6. The molecule has 128 valence electrons. The molecule has 1 aromatic rings. The summed E-state index contributed by atoms with van der Waals surface area (Å²) in [5.41, 5.74) is 2.67. The molecule has 0 saturated carbocycles. The van der Waals surface area contributed by atoms with Crippen molar-refractivity contribution in [2.75, 3.05) is 27.3 Å². The van der Waals surface area contributed by atoms with Gasteiger partial charge in [0.25, 0.3) is 0 Å². The molecule has 0 aliphatic carbocycles. The topological polar surface area (TPSA) is 78.9 Å². The van der Waals surface area contributed by atoms with E-state index in [4.69, 9.17) is 5.11 Å². The van der Waals surface area contributed by atoms with Crippen molar-refractivity contribution in [3.05, 3.63) is 35.4 Å². The Kier molecular flexibility index (Phi) is 8.94. The van der Waals surface area contributed by atoms with Crippen LogP contribution in [0.2, 0.25) is 0 Å². The fraction of sp³-hybridized carbons (Fsp3) is 0.529. The van der Waals surface area contributed by atoms with Crippen LogP contribution < -0.4 is 5.32 Å². The third-order valence-electron chi connectivity index (χ3n) is 3.86. The van der Waals surface area contributed by atoms with E-state index in [9.17, 15) is 9.59 Å². The molecule has 2 heterocycles. The summed E-state index contributed by atoms with van der Waals surface area (Å²) in [5, 5.41) is 10.0. The van der Waals surface area contributed by atoms with E-state index in [1.807, 2.05) is 11.0 Å². The minimum Gasteiger partial charge on any atom is -0.468 e. The summed E-state index contributed by atoms with van der Waals surface area (Å²) < 4.78 is 4.53. The van der Waals surface area contributed by atoms with Crippen molar-refractivity contribution in [1.82, 2.24) is 10.2 Å². The first-order chi connectivity index (χ1) is 11.2. The highest BCUT2D eigenvalue weighted by Gasteiger charge is 2.21. The summed E-state index contributed by atoms with van der Waals surface area (Å²) in [6.07, 6.45) is 3.93. The Labute approximate surface area is 137 Å². The second kappa shape index (κ2) is 10.7. The van der Waals surface area contributed by atoms with Gasteiger partial charge in [0, 0.05) is 20.2 Å². The number of benzene rings is 1. The van der Waals surface area contributed by atoms with Crippen LogP contribution in [-0.2, 0) is 27.3 Å². The third kappa shape index (κ3) is 6.00. The average Bonchev–Trinajstić information content (AvgIpc) is 3.17. The molecular weight excluding hydrogens is 296 g/mol. The van der Waals surface area contributed by atoms with Gasteiger partial charge in [0.15, 0.2) is 0 Å². The summed E-state index contributed by atoms with van der Waals surface area (Å²) in [7, 11) is 2.42. The van der Waals surface area contributed by atoms with E-state index in [0.717, 1.165) is 52.4 Å². The first-order valence-electron chi connectivity index (χ1n) is 7.76. The van der Waals surface area contributed by atoms with Crippen molar-refractivity contribution >= 4 is 12.4 Å². The number of methoxy groups -OCH3 is 1. The number of nitrogens with zero attached hydrogens (tertiary/aromatic N) is 1. The predicted molar refractivity (Wildman–Crippen MR) is 87.8 cm³/mol. The third-order valence-corrected chi connectivity index (χ3v) is 3.86. The van der Waals surface area contributed by atoms with Crippen molar-refractivity contribution < 1.29 is 19.4 Å². The number of aliphatic hydroxyl groups is 1. The maximum Gasteiger partial charge on any atom is 0.322 e. The van der Waals surface area contributed by atoms with Gasteiger partial charge in [0.1, 0.15) is 6.04 Å². The number of fused-ring (bicyclic) bond motifs is 1. The molecule has 3 rings (SSSR count). The highest BCUT2D eigenvalue weighted by Crippen LogP contribution is 2.16. The van der Waals surface area contributed by atoms with Crippen molar-refractivity contribution in [2.45, 2.75) is 31.8 Å². The molecule has 1 aromatic carbocycles. The van der Waals surface area contributed by atoms with Gasteiger partial charge in [-0.15, -0.1) is 0 Å². The number of hydrogen-bond acceptors (Lipinski definition) is 5. The summed E-state index contributed by atoms with van der Waals surface area (Å²) in [6, 6.07) is 8.26. The van der Waals surface area contributed by atoms with Gasteiger partial charge < -0.3 is 20.1 Å². The number of esters is 1. The summed E-state index contributed by atoms with van der Waals surface area (Å²) in [5.74, 6) is -0.132. The molecule has 1 amide bonds. The number of aliphatic hydroxyl groups excluding tert-OH is 1. The number of rotatable bonds is 2. The standard InChI is InChI=1S/C10H11NO.C6H11NO2.CH4O/c12-8-11-6-5-9-3-1-2-4-10(9)7-11;1-9-6(8)5-3-2-4-7-5;1-2/h1-4,8H,5-7H2;5,7H,2-4H2,1H3;2H,1H3. The van der Waals surface area contributed by atoms with Crippen LogP contribution in [0.25, 0.3) is 0 Å². The lowest BCUT2D eigenvalue weighted by Gasteiger charge is -2.24. The Morgan fingerprint density at radius 1 is 1.35 bits per heavy atom. The van der Waals surface area contributed by atoms with Crippen LogP contribution in [0.5, 0.6) is 0 Å². The Hall–Kier alpha value is -1.92. The van der Waals surface area contributed by atoms with E-state index in [1.165, 1.54) is 18.2 Å². The van der Waals surface area contributed by atoms with Crippen LogP contribution in [0.15, 0.2) is 24.3 Å². The highest BCUT2D eigenvalue weighted by molar-refractivity contribution is 5.75. The molecule has 0 spiro atoms. The zero-order valence-corrected chi connectivity index (χ0v) is 13.8. The first kappa shape index (κ1) is 19.1. The van der Waals surface area contributed by atoms with Crippen molar-refractivity contribution in [3.8, 4) is 0 Å². The summed E-state index contributed by atoms with van der Waals surface area (Å²) in [4.78, 5) is 23.0. The number of amides is 1. The Morgan fingerprint density at radius 2 is 2.04 bits per heavy atom. The molecule has 1 unspecified atom stereocenters. The van der Waals surface area contributed by atoms with Crippen molar-refractivity contribution in [3.63, 3.8) is 0 Å². The molecule has 23 heavy (non-hydrogen) atoms. The minimum atomic E-state index is -0.132. The van der Waals surface area contributed by atoms with Gasteiger partial charge in [-0.05, 0) is 36.9 Å². The first-order valence-corrected chi connectivity index (χ1v) is 7.76. The number of ether oxygens (including phenoxy) is 1. The number of carbonyl (C=O) groups is 2. The van der Waals surface area contributed by atoms with Crippen LogP contribution in [0.1, 0.15) is 24.0 Å². The smallest absolute Gasteiger partial charge is 0.322 e. The molecule has 0 bridgehead atoms. The van der Waals surface area contributed by atoms with E-state index in [1.54, 1.807) is 0 Å². The molecule has 1 atom stereocenters. The molecular formula is C17H26N2O4. The Balaban J connectivity index is 0.000000215. The SMILES string of the molecule is CO.COC(=O)C1CCCN1.O=CN1CCc2ccccc2C1. The quantitative estimate of drug-likeness (QED) is 0.620. The van der Waals surface area contributed by atoms with Crippen LogP contribution in [0, 0.1) is 0 Å². The van der Waals surface area contributed by atoms with E-state index in [0.29, 0.717) is 0 Å². The van der Waals surface area contributed by atoms with Gasteiger partial charge in [-0.2, -0.15) is 0 Å². The van der Waals surface area contributed by atoms with Crippen LogP contribution in [0.4, 0.5) is 0 Å². The lowest BCUT2D eigenvalue weighted by Crippen LogP contribution is -2.31. The summed E-state index contributed by atoms with van der Waals surface area (Å²) >= 11 is 0. The van der Waals surface area contributed by atoms with Gasteiger partial charge >= 0.3 is 5.97 Å². The molecule has 2 aliphatic heterocycles. The van der Waals surface area contributed by atoms with Gasteiger partial charge in [-0.25, -0.2) is 0 Å². The lowest BCUT2D eigenvalue weighted by atomic mass is 10.0. The molecule has 2 N–H and O–H groups in total. The van der Waals surface area contributed by atoms with Gasteiger partial charge in [0.05, 0.1) is 7.11 Å². The molecule has 1 fully saturated rings. The number of hydrogen-bond donors (Lipinski definition) is 2. The van der Waals surface area contributed by atoms with Crippen molar-refractivity contribution in [2.24, 2.45) is 0 Å². The maximum absolute atomic E-state index is 10.7. The lowest BCUT2D eigenvalue weighted by molar-refractivity contribution is -0.142. The van der Waals surface area contributed by atoms with Crippen LogP contribution in [-0.4, -0.2) is 55.7 Å². The summed E-state index contributed by atoms with van der Waals surface area (Å²) in [6.45, 7) is 2.58. The molecule has 6 heteroatoms. The predicted octanol–water partition coefficient (Wildman–Crippen LogP) is 0.721. The minimum absolute atomic E-state index is 0.0324. The zero-order chi connectivity index (χ0) is 17.1. The maximum atomic E-state index is 10.7. The van der Waals surface area contributed by atoms with E-state index in [2.05, 4.69) is 28.3 Å². The van der Waals surface area contributed by atoms with Crippen LogP contribution >= 0.6 is 0 Å². The second-order valence-electron chi connectivity index (χ2n) is 5.27. The fourth-order valence-corrected chi connectivity index (χ4v) is 2.64. The monoisotopic (exact) mass is 322 g/mol. The Bertz CT molecular complexity index is 487. The van der Waals surface area contributed by atoms with Gasteiger partial charge in [-0.3, -0.25) is 9.59 Å². The second-order valence-corrected chi connectivity index (χ2v) is 5.27. The number of nitrogens with one attached hydrogen (secondary N) is 1. The molecule has 0 aromatic heterocycles. The van der Waals surface area contributed by atoms with Gasteiger partial charge in [-0.1, -0.05) is 24.3 Å². The van der Waals surface area contributed by atoms with E-state index in [-0.39, 0.29) is 12.0 Å². The van der Waals surface area contributed by atoms with Crippen molar-refractivity contribution in [1.29, 1.82) is 0 Å². The largest absolute Gasteiger partial charge is 0.468 e. The molecule has 2 aliphatic rings. The molecule has 0 radical (unpaired) electrons. The van der Waals surface area contributed by atoms with Gasteiger partial charge in [0.2, 0.25) is 6.41 Å². The molecule has 6 nitrogen and oxygen atoms in total. The van der Waals surface area contributed by atoms with Crippen LogP contribution in [0.3, 0.4) is 0 Å². The zero-order valence-electron chi connectivity index (χ0n) is 13.8. The number of carbonyl (C=O) groups excluding carboxylic acids is 2.